The van der Waals surface area contributed by atoms with Crippen molar-refractivity contribution in [2.45, 2.75) is 19.9 Å². The summed E-state index contributed by atoms with van der Waals surface area (Å²) in [5.74, 6) is -0.850. The maximum Gasteiger partial charge on any atom is 0.307 e. The van der Waals surface area contributed by atoms with Crippen LogP contribution in [0.3, 0.4) is 0 Å². The Morgan fingerprint density at radius 2 is 2.06 bits per heavy atom. The van der Waals surface area contributed by atoms with Gasteiger partial charge in [-0.25, -0.2) is 0 Å². The summed E-state index contributed by atoms with van der Waals surface area (Å²) in [7, 11) is 1.94. The Labute approximate surface area is 107 Å². The molecule has 18 heavy (non-hydrogen) atoms. The zero-order valence-electron chi connectivity index (χ0n) is 10.8. The van der Waals surface area contributed by atoms with Gasteiger partial charge in [-0.15, -0.1) is 0 Å². The Morgan fingerprint density at radius 1 is 1.44 bits per heavy atom. The van der Waals surface area contributed by atoms with Crippen molar-refractivity contribution in [1.82, 2.24) is 4.90 Å². The first-order valence-electron chi connectivity index (χ1n) is 5.89. The molecule has 0 aliphatic rings. The molecule has 1 aromatic carbocycles. The summed E-state index contributed by atoms with van der Waals surface area (Å²) in [5.41, 5.74) is 1.84. The summed E-state index contributed by atoms with van der Waals surface area (Å²) in [6.45, 7) is 3.22. The molecule has 1 atom stereocenters. The lowest BCUT2D eigenvalue weighted by Crippen LogP contribution is -2.24. The smallest absolute Gasteiger partial charge is 0.307 e. The van der Waals surface area contributed by atoms with E-state index in [1.54, 1.807) is 0 Å². The van der Waals surface area contributed by atoms with Crippen LogP contribution in [-0.4, -0.2) is 29.6 Å². The monoisotopic (exact) mass is 246 g/mol. The standard InChI is InChI=1S/C14H18N2O2/c1-11(8-15)9-16(2)10-13-6-4-3-5-12(13)7-14(17)18/h3-6,11H,7,9-10H2,1-2H3,(H,17,18). The minimum absolute atomic E-state index is 0.0263. The molecule has 0 fully saturated rings. The van der Waals surface area contributed by atoms with E-state index in [-0.39, 0.29) is 12.3 Å². The molecule has 1 rings (SSSR count). The van der Waals surface area contributed by atoms with E-state index in [2.05, 4.69) is 6.07 Å². The Morgan fingerprint density at radius 3 is 2.61 bits per heavy atom. The topological polar surface area (TPSA) is 64.3 Å². The van der Waals surface area contributed by atoms with Gasteiger partial charge in [-0.1, -0.05) is 24.3 Å². The largest absolute Gasteiger partial charge is 0.481 e. The van der Waals surface area contributed by atoms with Gasteiger partial charge in [0.25, 0.3) is 0 Å². The number of hydrogen-bond donors (Lipinski definition) is 1. The minimum Gasteiger partial charge on any atom is -0.481 e. The van der Waals surface area contributed by atoms with Gasteiger partial charge in [0.05, 0.1) is 18.4 Å². The van der Waals surface area contributed by atoms with Crippen molar-refractivity contribution >= 4 is 5.97 Å². The van der Waals surface area contributed by atoms with Crippen LogP contribution in [-0.2, 0) is 17.8 Å². The van der Waals surface area contributed by atoms with Gasteiger partial charge < -0.3 is 10.0 Å². The van der Waals surface area contributed by atoms with Crippen LogP contribution < -0.4 is 0 Å². The molecule has 1 N–H and O–H groups in total. The molecule has 4 nitrogen and oxygen atoms in total. The molecule has 96 valence electrons. The number of aliphatic carboxylic acids is 1. The number of rotatable bonds is 6. The van der Waals surface area contributed by atoms with E-state index in [1.165, 1.54) is 0 Å². The van der Waals surface area contributed by atoms with E-state index in [9.17, 15) is 4.79 Å². The van der Waals surface area contributed by atoms with Crippen molar-refractivity contribution in [2.75, 3.05) is 13.6 Å². The number of benzene rings is 1. The average molecular weight is 246 g/mol. The van der Waals surface area contributed by atoms with Gasteiger partial charge in [-0.2, -0.15) is 5.26 Å². The Balaban J connectivity index is 2.72. The summed E-state index contributed by atoms with van der Waals surface area (Å²) >= 11 is 0. The molecule has 0 amide bonds. The molecule has 0 heterocycles. The molecule has 0 saturated heterocycles. The normalized spacial score (nSPS) is 12.1. The highest BCUT2D eigenvalue weighted by Crippen LogP contribution is 2.12. The summed E-state index contributed by atoms with van der Waals surface area (Å²) in [6.07, 6.45) is 0.0395. The summed E-state index contributed by atoms with van der Waals surface area (Å²) in [5, 5.41) is 17.6. The van der Waals surface area contributed by atoms with Gasteiger partial charge in [0.2, 0.25) is 0 Å². The van der Waals surface area contributed by atoms with Crippen LogP contribution in [0.25, 0.3) is 0 Å². The van der Waals surface area contributed by atoms with Crippen molar-refractivity contribution in [3.05, 3.63) is 35.4 Å². The van der Waals surface area contributed by atoms with Crippen LogP contribution in [0.4, 0.5) is 0 Å². The van der Waals surface area contributed by atoms with E-state index < -0.39 is 5.97 Å². The van der Waals surface area contributed by atoms with Crippen LogP contribution in [0.15, 0.2) is 24.3 Å². The zero-order valence-corrected chi connectivity index (χ0v) is 10.8. The molecule has 1 unspecified atom stereocenters. The third-order valence-corrected chi connectivity index (χ3v) is 2.71. The lowest BCUT2D eigenvalue weighted by Gasteiger charge is -2.19. The predicted octanol–water partition coefficient (Wildman–Crippen LogP) is 1.91. The first-order chi connectivity index (χ1) is 8.52. The number of nitriles is 1. The van der Waals surface area contributed by atoms with E-state index in [0.29, 0.717) is 13.1 Å². The fourth-order valence-corrected chi connectivity index (χ4v) is 1.91. The number of carbonyl (C=O) groups is 1. The number of carboxylic acid groups (broad SMARTS) is 1. The van der Waals surface area contributed by atoms with Gasteiger partial charge in [0.1, 0.15) is 0 Å². The highest BCUT2D eigenvalue weighted by molar-refractivity contribution is 5.70. The second kappa shape index (κ2) is 6.77. The van der Waals surface area contributed by atoms with Crippen LogP contribution in [0.1, 0.15) is 18.1 Å². The van der Waals surface area contributed by atoms with Crippen LogP contribution in [0, 0.1) is 17.2 Å². The van der Waals surface area contributed by atoms with Gasteiger partial charge in [-0.05, 0) is 25.1 Å². The van der Waals surface area contributed by atoms with E-state index in [4.69, 9.17) is 10.4 Å². The second-order valence-electron chi connectivity index (χ2n) is 4.57. The fraction of sp³-hybridized carbons (Fsp3) is 0.429. The SMILES string of the molecule is CC(C#N)CN(C)Cc1ccccc1CC(=O)O. The molecule has 0 saturated carbocycles. The predicted molar refractivity (Wildman–Crippen MR) is 68.9 cm³/mol. The molecule has 0 aliphatic carbocycles. The van der Waals surface area contributed by atoms with Gasteiger partial charge in [0.15, 0.2) is 0 Å². The van der Waals surface area contributed by atoms with Crippen LogP contribution in [0.5, 0.6) is 0 Å². The first-order valence-corrected chi connectivity index (χ1v) is 5.89. The van der Waals surface area contributed by atoms with Gasteiger partial charge in [-0.3, -0.25) is 4.79 Å². The van der Waals surface area contributed by atoms with E-state index in [1.807, 2.05) is 43.1 Å². The van der Waals surface area contributed by atoms with Gasteiger partial charge in [0, 0.05) is 13.1 Å². The molecule has 0 aromatic heterocycles. The van der Waals surface area contributed by atoms with Gasteiger partial charge >= 0.3 is 5.97 Å². The van der Waals surface area contributed by atoms with E-state index >= 15 is 0 Å². The number of carboxylic acids is 1. The third kappa shape index (κ3) is 4.56. The molecule has 0 aliphatic heterocycles. The number of nitrogens with zero attached hydrogens (tertiary/aromatic N) is 2. The Bertz CT molecular complexity index is 451. The van der Waals surface area contributed by atoms with Crippen LogP contribution in [0.2, 0.25) is 0 Å². The summed E-state index contributed by atoms with van der Waals surface area (Å²) in [6, 6.07) is 9.72. The van der Waals surface area contributed by atoms with Crippen molar-refractivity contribution in [1.29, 1.82) is 5.26 Å². The van der Waals surface area contributed by atoms with Crippen molar-refractivity contribution in [3.8, 4) is 6.07 Å². The zero-order chi connectivity index (χ0) is 13.5. The van der Waals surface area contributed by atoms with Crippen molar-refractivity contribution in [2.24, 2.45) is 5.92 Å². The van der Waals surface area contributed by atoms with Crippen LogP contribution >= 0.6 is 0 Å². The third-order valence-electron chi connectivity index (χ3n) is 2.71. The summed E-state index contributed by atoms with van der Waals surface area (Å²) in [4.78, 5) is 12.8. The van der Waals surface area contributed by atoms with Crippen molar-refractivity contribution < 1.29 is 9.90 Å². The maximum absolute atomic E-state index is 10.8. The lowest BCUT2D eigenvalue weighted by atomic mass is 10.0. The fourth-order valence-electron chi connectivity index (χ4n) is 1.91. The van der Waals surface area contributed by atoms with Crippen molar-refractivity contribution in [3.63, 3.8) is 0 Å². The molecule has 1 aromatic rings. The highest BCUT2D eigenvalue weighted by atomic mass is 16.4. The highest BCUT2D eigenvalue weighted by Gasteiger charge is 2.10. The molecular weight excluding hydrogens is 228 g/mol. The average Bonchev–Trinajstić information content (AvgIpc) is 2.30. The molecule has 0 spiro atoms. The molecular formula is C14H18N2O2. The molecule has 0 bridgehead atoms. The lowest BCUT2D eigenvalue weighted by molar-refractivity contribution is -0.136. The number of hydrogen-bond acceptors (Lipinski definition) is 3. The first kappa shape index (κ1) is 14.2. The second-order valence-corrected chi connectivity index (χ2v) is 4.57. The quantitative estimate of drug-likeness (QED) is 0.832. The Hall–Kier alpha value is -1.86. The maximum atomic E-state index is 10.8. The molecule has 0 radical (unpaired) electrons. The minimum atomic E-state index is -0.824. The molecule has 4 heteroatoms. The van der Waals surface area contributed by atoms with E-state index in [0.717, 1.165) is 11.1 Å². The summed E-state index contributed by atoms with van der Waals surface area (Å²) < 4.78 is 0. The Kier molecular flexibility index (Phi) is 5.34.